The molecule has 0 aliphatic carbocycles. The van der Waals surface area contributed by atoms with Crippen molar-refractivity contribution in [1.82, 2.24) is 0 Å². The van der Waals surface area contributed by atoms with Crippen LogP contribution in [0.1, 0.15) is 16.8 Å². The molecule has 0 saturated heterocycles. The standard InChI is InChI=1S/C12H15ClO3S/c1-15-11-7-9(8-14)6-10(13)12(11)16-4-3-5-17-2/h6-8H,3-5H2,1-2H3. The van der Waals surface area contributed by atoms with Crippen LogP contribution in [-0.4, -0.2) is 32.0 Å². The predicted octanol–water partition coefficient (Wildman–Crippen LogP) is 3.29. The van der Waals surface area contributed by atoms with Crippen LogP contribution in [0.4, 0.5) is 0 Å². The van der Waals surface area contributed by atoms with Crippen LogP contribution in [0.15, 0.2) is 12.1 Å². The topological polar surface area (TPSA) is 35.5 Å². The summed E-state index contributed by atoms with van der Waals surface area (Å²) in [5.74, 6) is 2.02. The summed E-state index contributed by atoms with van der Waals surface area (Å²) < 4.78 is 10.7. The van der Waals surface area contributed by atoms with Crippen LogP contribution in [0.2, 0.25) is 5.02 Å². The molecule has 0 saturated carbocycles. The van der Waals surface area contributed by atoms with E-state index in [4.69, 9.17) is 21.1 Å². The van der Waals surface area contributed by atoms with Gasteiger partial charge in [0.15, 0.2) is 11.5 Å². The predicted molar refractivity (Wildman–Crippen MR) is 71.9 cm³/mol. The number of methoxy groups -OCH3 is 1. The summed E-state index contributed by atoms with van der Waals surface area (Å²) in [5.41, 5.74) is 0.475. The summed E-state index contributed by atoms with van der Waals surface area (Å²) in [6.07, 6.45) is 3.72. The molecule has 0 radical (unpaired) electrons. The molecule has 0 aliphatic heterocycles. The van der Waals surface area contributed by atoms with E-state index in [0.29, 0.717) is 28.7 Å². The number of carbonyl (C=O) groups is 1. The molecule has 5 heteroatoms. The van der Waals surface area contributed by atoms with Gasteiger partial charge in [-0.25, -0.2) is 0 Å². The van der Waals surface area contributed by atoms with E-state index in [1.807, 2.05) is 6.26 Å². The highest BCUT2D eigenvalue weighted by atomic mass is 35.5. The summed E-state index contributed by atoms with van der Waals surface area (Å²) in [6.45, 7) is 0.581. The van der Waals surface area contributed by atoms with E-state index in [2.05, 4.69) is 0 Å². The maximum Gasteiger partial charge on any atom is 0.179 e. The fraction of sp³-hybridized carbons (Fsp3) is 0.417. The Balaban J connectivity index is 2.79. The first kappa shape index (κ1) is 14.2. The minimum atomic E-state index is 0.399. The van der Waals surface area contributed by atoms with Gasteiger partial charge >= 0.3 is 0 Å². The van der Waals surface area contributed by atoms with Gasteiger partial charge in [0.05, 0.1) is 18.7 Å². The van der Waals surface area contributed by atoms with Gasteiger partial charge in [0.25, 0.3) is 0 Å². The number of ether oxygens (including phenoxy) is 2. The first-order chi connectivity index (χ1) is 8.22. The highest BCUT2D eigenvalue weighted by Gasteiger charge is 2.11. The van der Waals surface area contributed by atoms with Crippen molar-refractivity contribution in [2.75, 3.05) is 25.7 Å². The van der Waals surface area contributed by atoms with Crippen molar-refractivity contribution < 1.29 is 14.3 Å². The number of benzene rings is 1. The Kier molecular flexibility index (Phi) is 6.22. The number of carbonyl (C=O) groups excluding carboxylic acids is 1. The van der Waals surface area contributed by atoms with Gasteiger partial charge in [0.1, 0.15) is 6.29 Å². The van der Waals surface area contributed by atoms with E-state index in [1.54, 1.807) is 23.9 Å². The van der Waals surface area contributed by atoms with Gasteiger partial charge in [-0.15, -0.1) is 0 Å². The summed E-state index contributed by atoms with van der Waals surface area (Å²) >= 11 is 7.80. The lowest BCUT2D eigenvalue weighted by Gasteiger charge is -2.12. The Labute approximate surface area is 110 Å². The lowest BCUT2D eigenvalue weighted by molar-refractivity contribution is 0.112. The molecule has 0 aromatic heterocycles. The molecule has 17 heavy (non-hydrogen) atoms. The van der Waals surface area contributed by atoms with Crippen LogP contribution < -0.4 is 9.47 Å². The van der Waals surface area contributed by atoms with Gasteiger partial charge in [0.2, 0.25) is 0 Å². The highest BCUT2D eigenvalue weighted by Crippen LogP contribution is 2.36. The fourth-order valence-electron chi connectivity index (χ4n) is 1.33. The Bertz CT molecular complexity index is 382. The molecule has 94 valence electrons. The van der Waals surface area contributed by atoms with E-state index in [0.717, 1.165) is 18.5 Å². The van der Waals surface area contributed by atoms with Crippen molar-refractivity contribution >= 4 is 29.6 Å². The van der Waals surface area contributed by atoms with Gasteiger partial charge in [-0.3, -0.25) is 4.79 Å². The summed E-state index contributed by atoms with van der Waals surface area (Å²) in [5, 5.41) is 0.399. The van der Waals surface area contributed by atoms with Crippen molar-refractivity contribution in [1.29, 1.82) is 0 Å². The zero-order chi connectivity index (χ0) is 12.7. The Morgan fingerprint density at radius 2 is 2.24 bits per heavy atom. The molecule has 0 atom stereocenters. The largest absolute Gasteiger partial charge is 0.493 e. The summed E-state index contributed by atoms with van der Waals surface area (Å²) in [6, 6.07) is 3.18. The van der Waals surface area contributed by atoms with E-state index in [-0.39, 0.29) is 0 Å². The molecule has 3 nitrogen and oxygen atoms in total. The van der Waals surface area contributed by atoms with Crippen LogP contribution >= 0.6 is 23.4 Å². The Morgan fingerprint density at radius 1 is 1.47 bits per heavy atom. The highest BCUT2D eigenvalue weighted by molar-refractivity contribution is 7.98. The van der Waals surface area contributed by atoms with E-state index in [1.165, 1.54) is 7.11 Å². The molecule has 0 N–H and O–H groups in total. The average molecular weight is 275 g/mol. The number of rotatable bonds is 7. The second-order valence-electron chi connectivity index (χ2n) is 3.35. The van der Waals surface area contributed by atoms with Crippen molar-refractivity contribution in [3.63, 3.8) is 0 Å². The molecule has 0 unspecified atom stereocenters. The molecular weight excluding hydrogens is 260 g/mol. The summed E-state index contributed by atoms with van der Waals surface area (Å²) in [7, 11) is 1.52. The van der Waals surface area contributed by atoms with Crippen molar-refractivity contribution in [3.05, 3.63) is 22.7 Å². The molecular formula is C12H15ClO3S. The maximum atomic E-state index is 10.7. The SMILES string of the molecule is COc1cc(C=O)cc(Cl)c1OCCCSC. The monoisotopic (exact) mass is 274 g/mol. The quantitative estimate of drug-likeness (QED) is 0.565. The minimum absolute atomic E-state index is 0.399. The van der Waals surface area contributed by atoms with E-state index >= 15 is 0 Å². The number of hydrogen-bond donors (Lipinski definition) is 0. The molecule has 1 rings (SSSR count). The molecule has 1 aromatic carbocycles. The van der Waals surface area contributed by atoms with Crippen molar-refractivity contribution in [2.45, 2.75) is 6.42 Å². The van der Waals surface area contributed by atoms with Gasteiger partial charge in [-0.1, -0.05) is 11.6 Å². The number of halogens is 1. The van der Waals surface area contributed by atoms with Crippen LogP contribution in [0, 0.1) is 0 Å². The van der Waals surface area contributed by atoms with Crippen molar-refractivity contribution in [3.8, 4) is 11.5 Å². The molecule has 0 aliphatic rings. The first-order valence-electron chi connectivity index (χ1n) is 5.17. The molecule has 1 aromatic rings. The Hall–Kier alpha value is -0.870. The van der Waals surface area contributed by atoms with Crippen LogP contribution in [0.3, 0.4) is 0 Å². The minimum Gasteiger partial charge on any atom is -0.493 e. The molecule has 0 fully saturated rings. The third-order valence-electron chi connectivity index (χ3n) is 2.13. The van der Waals surface area contributed by atoms with Gasteiger partial charge in [0, 0.05) is 5.56 Å². The third kappa shape index (κ3) is 4.13. The number of aldehydes is 1. The molecule has 0 amide bonds. The van der Waals surface area contributed by atoms with Gasteiger partial charge in [-0.05, 0) is 30.6 Å². The van der Waals surface area contributed by atoms with Gasteiger partial charge < -0.3 is 9.47 Å². The Morgan fingerprint density at radius 3 is 2.82 bits per heavy atom. The maximum absolute atomic E-state index is 10.7. The molecule has 0 spiro atoms. The zero-order valence-corrected chi connectivity index (χ0v) is 11.4. The lowest BCUT2D eigenvalue weighted by Crippen LogP contribution is -2.01. The average Bonchev–Trinajstić information content (AvgIpc) is 2.35. The second kappa shape index (κ2) is 7.45. The second-order valence-corrected chi connectivity index (χ2v) is 4.74. The summed E-state index contributed by atoms with van der Waals surface area (Å²) in [4.78, 5) is 10.7. The first-order valence-corrected chi connectivity index (χ1v) is 6.94. The molecule has 0 bridgehead atoms. The van der Waals surface area contributed by atoms with Crippen molar-refractivity contribution in [2.24, 2.45) is 0 Å². The van der Waals surface area contributed by atoms with Crippen LogP contribution in [-0.2, 0) is 0 Å². The smallest absolute Gasteiger partial charge is 0.179 e. The third-order valence-corrected chi connectivity index (χ3v) is 3.10. The van der Waals surface area contributed by atoms with Gasteiger partial charge in [-0.2, -0.15) is 11.8 Å². The number of thioether (sulfide) groups is 1. The lowest BCUT2D eigenvalue weighted by atomic mass is 10.2. The molecule has 0 heterocycles. The van der Waals surface area contributed by atoms with E-state index < -0.39 is 0 Å². The number of hydrogen-bond acceptors (Lipinski definition) is 4. The van der Waals surface area contributed by atoms with E-state index in [9.17, 15) is 4.79 Å². The van der Waals surface area contributed by atoms with Crippen LogP contribution in [0.25, 0.3) is 0 Å². The fourth-order valence-corrected chi connectivity index (χ4v) is 2.01. The van der Waals surface area contributed by atoms with Crippen LogP contribution in [0.5, 0.6) is 11.5 Å². The normalized spacial score (nSPS) is 10.1. The zero-order valence-electron chi connectivity index (χ0n) is 9.86.